The van der Waals surface area contributed by atoms with E-state index in [0.29, 0.717) is 0 Å². The van der Waals surface area contributed by atoms with E-state index >= 15 is 0 Å². The van der Waals surface area contributed by atoms with Crippen molar-refractivity contribution >= 4 is 66.8 Å². The van der Waals surface area contributed by atoms with Gasteiger partial charge in [0.2, 0.25) is 0 Å². The fraction of sp³-hybridized carbons (Fsp3) is 0.727. The molecule has 0 bridgehead atoms. The highest BCUT2D eigenvalue weighted by Crippen LogP contribution is 2.25. The second kappa shape index (κ2) is 14.9. The number of hydrogen-bond acceptors (Lipinski definition) is 5. The monoisotopic (exact) mass is 644 g/mol. The first kappa shape index (κ1) is 41.2. The molecule has 2 atom stereocenters. The van der Waals surface area contributed by atoms with Crippen LogP contribution in [0.5, 0.6) is 0 Å². The molecule has 0 aromatic heterocycles. The van der Waals surface area contributed by atoms with E-state index in [2.05, 4.69) is 118 Å². The molecule has 0 radical (unpaired) electrons. The molecule has 0 fully saturated rings. The van der Waals surface area contributed by atoms with Crippen LogP contribution < -0.4 is 0 Å². The predicted molar refractivity (Wildman–Crippen MR) is 181 cm³/mol. The van der Waals surface area contributed by atoms with Crippen LogP contribution in [0.15, 0.2) is 36.8 Å². The van der Waals surface area contributed by atoms with Crippen LogP contribution in [0.2, 0.25) is 105 Å². The van der Waals surface area contributed by atoms with Gasteiger partial charge in [0.05, 0.1) is 7.59 Å². The fourth-order valence-electron chi connectivity index (χ4n) is 3.22. The second-order valence-electron chi connectivity index (χ2n) is 13.3. The summed E-state index contributed by atoms with van der Waals surface area (Å²) in [5.74, 6) is 0. The van der Waals surface area contributed by atoms with E-state index in [1.165, 1.54) is 0 Å². The van der Waals surface area contributed by atoms with Gasteiger partial charge in [0.1, 0.15) is 8.56 Å². The molecule has 0 heterocycles. The van der Waals surface area contributed by atoms with Crippen molar-refractivity contribution in [1.82, 2.24) is 0 Å². The maximum atomic E-state index is 6.34. The number of rotatable bonds is 14. The van der Waals surface area contributed by atoms with Gasteiger partial charge in [0.25, 0.3) is 0 Å². The van der Waals surface area contributed by atoms with Crippen molar-refractivity contribution in [2.75, 3.05) is 0 Å². The van der Waals surface area contributed by atoms with Crippen molar-refractivity contribution in [3.8, 4) is 0 Å². The third kappa shape index (κ3) is 19.7. The Kier molecular flexibility index (Phi) is 17.1. The zero-order chi connectivity index (χ0) is 28.7. The largest absolute Gasteiger partial charge is 0.442 e. The molecule has 0 aliphatic rings. The minimum atomic E-state index is -2.45. The third-order valence-electron chi connectivity index (χ3n) is 5.01. The Balaban J connectivity index is -0.000000612. The van der Waals surface area contributed by atoms with Crippen LogP contribution in [0, 0.1) is 0 Å². The first-order valence-electron chi connectivity index (χ1n) is 12.5. The Morgan fingerprint density at radius 3 is 1.22 bits per heavy atom. The van der Waals surface area contributed by atoms with Gasteiger partial charge in [-0.05, 0) is 78.6 Å². The van der Waals surface area contributed by atoms with Gasteiger partial charge < -0.3 is 26.1 Å². The van der Waals surface area contributed by atoms with Crippen LogP contribution in [0.3, 0.4) is 0 Å². The second-order valence-corrected chi connectivity index (χ2v) is 50.6. The Morgan fingerprint density at radius 1 is 0.528 bits per heavy atom. The molecule has 0 aliphatic heterocycles. The van der Waals surface area contributed by atoms with Gasteiger partial charge in [0.15, 0.2) is 25.0 Å². The molecule has 0 aromatic carbocycles. The van der Waals surface area contributed by atoms with Gasteiger partial charge in [-0.1, -0.05) is 43.3 Å². The van der Waals surface area contributed by atoms with Crippen LogP contribution in [-0.4, -0.2) is 72.3 Å². The molecule has 0 aromatic rings. The molecule has 14 heteroatoms. The molecule has 0 aliphatic carbocycles. The summed E-state index contributed by atoms with van der Waals surface area (Å²) in [4.78, 5) is 0. The summed E-state index contributed by atoms with van der Waals surface area (Å²) in [6.07, 6.45) is 0. The summed E-state index contributed by atoms with van der Waals surface area (Å²) < 4.78 is 31.4. The quantitative estimate of drug-likeness (QED) is 0.192. The molecule has 36 heavy (non-hydrogen) atoms. The first-order valence-corrected chi connectivity index (χ1v) is 36.9. The van der Waals surface area contributed by atoms with Crippen molar-refractivity contribution in [3.05, 3.63) is 36.8 Å². The van der Waals surface area contributed by atoms with E-state index in [-0.39, 0.29) is 5.48 Å². The summed E-state index contributed by atoms with van der Waals surface area (Å²) in [7, 11) is -13.9. The van der Waals surface area contributed by atoms with Gasteiger partial charge in [0, 0.05) is 0 Å². The molecule has 0 saturated heterocycles. The molecule has 0 saturated carbocycles. The zero-order valence-corrected chi connectivity index (χ0v) is 34.6. The lowest BCUT2D eigenvalue weighted by atomic mass is 11.3. The molecular formula is C22H60O6Si8. The van der Waals surface area contributed by atoms with E-state index in [0.717, 1.165) is 0 Å². The standard InChI is InChI=1S/C13H30O3Si4.C9H28O2Si4.H2O/c1-11-17(4,5)14-19(8,9)16-20(10,13-3)15-18(6,7)12-2;1-12(14(5,6)7)10-15(8,9)11-13(2,3)4;/h11-13H,1-3H2,4-10H3;12H,1-9H3;1H2. The summed E-state index contributed by atoms with van der Waals surface area (Å²) in [5.41, 5.74) is 5.69. The minimum Gasteiger partial charge on any atom is -0.442 e. The minimum absolute atomic E-state index is 0. The molecule has 2 unspecified atom stereocenters. The molecule has 216 valence electrons. The Hall–Kier alpha value is 0.715. The van der Waals surface area contributed by atoms with E-state index in [9.17, 15) is 0 Å². The molecule has 0 spiro atoms. The van der Waals surface area contributed by atoms with E-state index in [1.807, 2.05) is 23.6 Å². The van der Waals surface area contributed by atoms with E-state index in [1.54, 1.807) is 0 Å². The summed E-state index contributed by atoms with van der Waals surface area (Å²) >= 11 is 0. The molecule has 6 nitrogen and oxygen atoms in total. The van der Waals surface area contributed by atoms with Gasteiger partial charge in [-0.25, -0.2) is 0 Å². The van der Waals surface area contributed by atoms with Crippen molar-refractivity contribution in [1.29, 1.82) is 0 Å². The van der Waals surface area contributed by atoms with Crippen molar-refractivity contribution in [2.45, 2.75) is 105 Å². The van der Waals surface area contributed by atoms with Crippen molar-refractivity contribution in [2.24, 2.45) is 0 Å². The highest BCUT2D eigenvalue weighted by atomic mass is 29.2. The van der Waals surface area contributed by atoms with Crippen LogP contribution in [-0.2, 0) is 20.6 Å². The first-order chi connectivity index (χ1) is 15.1. The highest BCUT2D eigenvalue weighted by Gasteiger charge is 2.43. The summed E-state index contributed by atoms with van der Waals surface area (Å²) in [6, 6.07) is 0. The fourth-order valence-corrected chi connectivity index (χ4v) is 35.9. The maximum Gasteiger partial charge on any atom is 0.342 e. The average Bonchev–Trinajstić information content (AvgIpc) is 2.56. The Morgan fingerprint density at radius 2 is 0.917 bits per heavy atom. The normalized spacial score (nSPS) is 16.0. The predicted octanol–water partition coefficient (Wildman–Crippen LogP) is 6.90. The highest BCUT2D eigenvalue weighted by molar-refractivity contribution is 7.30. The SMILES string of the molecule is C=C[Si](C)(C)O[Si](C)(C)O[Si](C)(C=C)O[Si](C)(C)C=C.C[SiH](O[Si](C)(C)O[Si](C)(C)C)[Si](C)(C)C.O. The smallest absolute Gasteiger partial charge is 0.342 e. The third-order valence-corrected chi connectivity index (χ3v) is 38.0. The zero-order valence-electron chi connectivity index (χ0n) is 26.5. The van der Waals surface area contributed by atoms with Crippen LogP contribution in [0.4, 0.5) is 0 Å². The van der Waals surface area contributed by atoms with Crippen molar-refractivity contribution < 1.29 is 26.1 Å². The van der Waals surface area contributed by atoms with E-state index in [4.69, 9.17) is 20.6 Å². The lowest BCUT2D eigenvalue weighted by molar-refractivity contribution is 0.338. The Bertz CT molecular complexity index is 702. The van der Waals surface area contributed by atoms with E-state index < -0.39 is 66.8 Å². The lowest BCUT2D eigenvalue weighted by Gasteiger charge is -2.39. The molecule has 2 N–H and O–H groups in total. The van der Waals surface area contributed by atoms with Crippen LogP contribution >= 0.6 is 0 Å². The van der Waals surface area contributed by atoms with Crippen LogP contribution in [0.25, 0.3) is 0 Å². The van der Waals surface area contributed by atoms with Gasteiger partial charge >= 0.3 is 25.7 Å². The van der Waals surface area contributed by atoms with Gasteiger partial charge in [-0.15, -0.1) is 19.7 Å². The van der Waals surface area contributed by atoms with Gasteiger partial charge in [-0.3, -0.25) is 0 Å². The van der Waals surface area contributed by atoms with Crippen molar-refractivity contribution in [3.63, 3.8) is 0 Å². The molecule has 0 amide bonds. The summed E-state index contributed by atoms with van der Waals surface area (Å²) in [6.45, 7) is 46.9. The average molecular weight is 645 g/mol. The molecular weight excluding hydrogens is 585 g/mol. The topological polar surface area (TPSA) is 77.7 Å². The number of hydrogen-bond donors (Lipinski definition) is 0. The Labute approximate surface area is 233 Å². The van der Waals surface area contributed by atoms with Crippen LogP contribution in [0.1, 0.15) is 0 Å². The lowest BCUT2D eigenvalue weighted by Crippen LogP contribution is -2.56. The maximum absolute atomic E-state index is 6.34. The summed E-state index contributed by atoms with van der Waals surface area (Å²) in [5, 5.41) is 0. The van der Waals surface area contributed by atoms with Gasteiger partial charge in [-0.2, -0.15) is 0 Å². The molecule has 0 rings (SSSR count).